The van der Waals surface area contributed by atoms with Gasteiger partial charge in [-0.1, -0.05) is 18.2 Å². The van der Waals surface area contributed by atoms with Crippen molar-refractivity contribution in [3.63, 3.8) is 0 Å². The first-order chi connectivity index (χ1) is 12.7. The van der Waals surface area contributed by atoms with E-state index in [2.05, 4.69) is 27.1 Å². The maximum Gasteiger partial charge on any atom is 0.228 e. The molecule has 0 saturated carbocycles. The molecule has 27 heavy (non-hydrogen) atoms. The van der Waals surface area contributed by atoms with Crippen LogP contribution in [-0.4, -0.2) is 36.6 Å². The van der Waals surface area contributed by atoms with Crippen LogP contribution in [0.5, 0.6) is 5.75 Å². The molecule has 4 rings (SSSR count). The van der Waals surface area contributed by atoms with E-state index in [1.165, 1.54) is 6.42 Å². The monoisotopic (exact) mass is 407 g/mol. The largest absolute Gasteiger partial charge is 0.496 e. The normalized spacial score (nSPS) is 25.8. The molecule has 2 aliphatic heterocycles. The van der Waals surface area contributed by atoms with Gasteiger partial charge in [0, 0.05) is 30.4 Å². The van der Waals surface area contributed by atoms with Crippen molar-refractivity contribution in [3.05, 3.63) is 46.4 Å². The summed E-state index contributed by atoms with van der Waals surface area (Å²) in [7, 11) is 1.68. The molecule has 2 aromatic rings. The number of fused-ring (bicyclic) bond motifs is 2. The lowest BCUT2D eigenvalue weighted by Crippen LogP contribution is -2.50. The average molecular weight is 408 g/mol. The highest BCUT2D eigenvalue weighted by molar-refractivity contribution is 7.07. The Morgan fingerprint density at radius 2 is 2.26 bits per heavy atom. The SMILES string of the molecule is COc1ccccc1CCNC(=O)[C@]1(Cc2cscn2)C[C@@H]2CC[C@H]1N2.Cl. The van der Waals surface area contributed by atoms with E-state index >= 15 is 0 Å². The maximum atomic E-state index is 13.2. The minimum Gasteiger partial charge on any atom is -0.496 e. The van der Waals surface area contributed by atoms with Crippen LogP contribution >= 0.6 is 23.7 Å². The summed E-state index contributed by atoms with van der Waals surface area (Å²) in [5.41, 5.74) is 3.64. The van der Waals surface area contributed by atoms with E-state index in [9.17, 15) is 4.79 Å². The zero-order valence-electron chi connectivity index (χ0n) is 15.4. The number of halogens is 1. The number of nitrogens with one attached hydrogen (secondary N) is 2. The maximum absolute atomic E-state index is 13.2. The number of aromatic nitrogens is 1. The van der Waals surface area contributed by atoms with Crippen molar-refractivity contribution in [2.24, 2.45) is 5.41 Å². The summed E-state index contributed by atoms with van der Waals surface area (Å²) in [6.45, 7) is 0.620. The number of benzene rings is 1. The van der Waals surface area contributed by atoms with Gasteiger partial charge in [0.25, 0.3) is 0 Å². The Kier molecular flexibility index (Phi) is 6.40. The van der Waals surface area contributed by atoms with E-state index in [0.717, 1.165) is 42.7 Å². The van der Waals surface area contributed by atoms with Crippen LogP contribution in [0, 0.1) is 5.41 Å². The number of carbonyl (C=O) groups is 1. The van der Waals surface area contributed by atoms with Crippen molar-refractivity contribution in [2.75, 3.05) is 13.7 Å². The van der Waals surface area contributed by atoms with E-state index in [0.29, 0.717) is 12.6 Å². The predicted molar refractivity (Wildman–Crippen MR) is 110 cm³/mol. The summed E-state index contributed by atoms with van der Waals surface area (Å²) in [5.74, 6) is 1.04. The van der Waals surface area contributed by atoms with Gasteiger partial charge in [0.1, 0.15) is 5.75 Å². The van der Waals surface area contributed by atoms with Gasteiger partial charge in [-0.25, -0.2) is 4.98 Å². The van der Waals surface area contributed by atoms with Crippen molar-refractivity contribution < 1.29 is 9.53 Å². The van der Waals surface area contributed by atoms with Crippen LogP contribution in [0.2, 0.25) is 0 Å². The van der Waals surface area contributed by atoms with Crippen molar-refractivity contribution in [3.8, 4) is 5.75 Å². The molecule has 0 unspecified atom stereocenters. The summed E-state index contributed by atoms with van der Waals surface area (Å²) in [6.07, 6.45) is 4.66. The minimum atomic E-state index is -0.363. The van der Waals surface area contributed by atoms with Crippen LogP contribution < -0.4 is 15.4 Å². The quantitative estimate of drug-likeness (QED) is 0.740. The second-order valence-corrected chi connectivity index (χ2v) is 8.05. The molecule has 2 aliphatic rings. The smallest absolute Gasteiger partial charge is 0.228 e. The van der Waals surface area contributed by atoms with Crippen LogP contribution in [0.4, 0.5) is 0 Å². The lowest BCUT2D eigenvalue weighted by molar-refractivity contribution is -0.132. The summed E-state index contributed by atoms with van der Waals surface area (Å²) in [5, 5.41) is 8.90. The third kappa shape index (κ3) is 3.98. The Morgan fingerprint density at radius 3 is 2.93 bits per heavy atom. The number of methoxy groups -OCH3 is 1. The van der Waals surface area contributed by atoms with Crippen LogP contribution in [0.25, 0.3) is 0 Å². The zero-order chi connectivity index (χ0) is 18.0. The fourth-order valence-corrected chi connectivity index (χ4v) is 5.13. The second kappa shape index (κ2) is 8.59. The summed E-state index contributed by atoms with van der Waals surface area (Å²) >= 11 is 1.60. The first-order valence-electron chi connectivity index (χ1n) is 9.24. The van der Waals surface area contributed by atoms with E-state index in [1.54, 1.807) is 18.4 Å². The lowest BCUT2D eigenvalue weighted by atomic mass is 9.70. The number of carbonyl (C=O) groups excluding carboxylic acids is 1. The zero-order valence-corrected chi connectivity index (χ0v) is 17.1. The number of hydrogen-bond donors (Lipinski definition) is 2. The fraction of sp³-hybridized carbons (Fsp3) is 0.500. The van der Waals surface area contributed by atoms with Gasteiger partial charge in [-0.05, 0) is 37.3 Å². The van der Waals surface area contributed by atoms with Gasteiger partial charge in [0.2, 0.25) is 5.91 Å². The average Bonchev–Trinajstić information content (AvgIpc) is 3.40. The highest BCUT2D eigenvalue weighted by Crippen LogP contribution is 2.45. The van der Waals surface area contributed by atoms with Gasteiger partial charge in [-0.15, -0.1) is 23.7 Å². The summed E-state index contributed by atoms with van der Waals surface area (Å²) < 4.78 is 5.40. The fourth-order valence-electron chi connectivity index (χ4n) is 4.57. The van der Waals surface area contributed by atoms with E-state index < -0.39 is 0 Å². The van der Waals surface area contributed by atoms with Crippen molar-refractivity contribution in [1.29, 1.82) is 0 Å². The highest BCUT2D eigenvalue weighted by atomic mass is 35.5. The van der Waals surface area contributed by atoms with Crippen molar-refractivity contribution in [2.45, 2.75) is 44.2 Å². The van der Waals surface area contributed by atoms with Crippen molar-refractivity contribution in [1.82, 2.24) is 15.6 Å². The summed E-state index contributed by atoms with van der Waals surface area (Å²) in [6, 6.07) is 8.71. The van der Waals surface area contributed by atoms with E-state index in [-0.39, 0.29) is 29.8 Å². The molecule has 1 amide bonds. The topological polar surface area (TPSA) is 63.2 Å². The Bertz CT molecular complexity index is 770. The van der Waals surface area contributed by atoms with E-state index in [1.807, 2.05) is 23.7 Å². The molecule has 2 N–H and O–H groups in total. The highest BCUT2D eigenvalue weighted by Gasteiger charge is 2.55. The Balaban J connectivity index is 0.00000210. The Labute approximate surface area is 170 Å². The third-order valence-corrected chi connectivity index (χ3v) is 6.46. The molecule has 1 aromatic heterocycles. The molecule has 3 heterocycles. The number of para-hydroxylation sites is 1. The molecule has 1 aromatic carbocycles. The van der Waals surface area contributed by atoms with Crippen molar-refractivity contribution >= 4 is 29.7 Å². The number of ether oxygens (including phenoxy) is 1. The molecule has 146 valence electrons. The second-order valence-electron chi connectivity index (χ2n) is 7.33. The molecule has 2 fully saturated rings. The Morgan fingerprint density at radius 1 is 1.41 bits per heavy atom. The predicted octanol–water partition coefficient (Wildman–Crippen LogP) is 2.99. The number of amides is 1. The molecular weight excluding hydrogens is 382 g/mol. The van der Waals surface area contributed by atoms with Crippen LogP contribution in [0.1, 0.15) is 30.5 Å². The number of rotatable bonds is 7. The first-order valence-corrected chi connectivity index (χ1v) is 10.2. The van der Waals surface area contributed by atoms with Gasteiger partial charge in [0.05, 0.1) is 23.7 Å². The summed E-state index contributed by atoms with van der Waals surface area (Å²) in [4.78, 5) is 17.7. The van der Waals surface area contributed by atoms with Gasteiger partial charge in [-0.2, -0.15) is 0 Å². The molecule has 0 spiro atoms. The standard InChI is InChI=1S/C20H25N3O2S.ClH/c1-25-17-5-3-2-4-14(17)8-9-21-19(24)20(11-16-12-26-13-22-16)10-15-6-7-18(20)23-15;/h2-5,12-13,15,18,23H,6-11H2,1H3,(H,21,24);1H/t15-,18+,20-;/m0./s1. The lowest BCUT2D eigenvalue weighted by Gasteiger charge is -2.34. The van der Waals surface area contributed by atoms with E-state index in [4.69, 9.17) is 4.74 Å². The number of hydrogen-bond acceptors (Lipinski definition) is 5. The molecule has 0 radical (unpaired) electrons. The van der Waals surface area contributed by atoms with Gasteiger partial charge >= 0.3 is 0 Å². The van der Waals surface area contributed by atoms with Crippen LogP contribution in [-0.2, 0) is 17.6 Å². The van der Waals surface area contributed by atoms with Crippen LogP contribution in [0.3, 0.4) is 0 Å². The molecule has 2 saturated heterocycles. The molecule has 7 heteroatoms. The molecule has 5 nitrogen and oxygen atoms in total. The molecular formula is C20H26ClN3O2S. The Hall–Kier alpha value is -1.63. The first kappa shape index (κ1) is 20.1. The molecule has 3 atom stereocenters. The number of nitrogens with zero attached hydrogens (tertiary/aromatic N) is 1. The third-order valence-electron chi connectivity index (χ3n) is 5.82. The molecule has 2 bridgehead atoms. The number of thiazole rings is 1. The van der Waals surface area contributed by atoms with Crippen LogP contribution in [0.15, 0.2) is 35.2 Å². The van der Waals surface area contributed by atoms with Gasteiger partial charge in [0.15, 0.2) is 0 Å². The molecule has 0 aliphatic carbocycles. The minimum absolute atomic E-state index is 0. The van der Waals surface area contributed by atoms with Gasteiger partial charge < -0.3 is 15.4 Å². The van der Waals surface area contributed by atoms with Gasteiger partial charge in [-0.3, -0.25) is 4.79 Å².